The van der Waals surface area contributed by atoms with Gasteiger partial charge in [0.1, 0.15) is 5.82 Å². The lowest BCUT2D eigenvalue weighted by Gasteiger charge is -2.30. The molecule has 0 amide bonds. The van der Waals surface area contributed by atoms with Crippen molar-refractivity contribution in [3.05, 3.63) is 29.6 Å². The van der Waals surface area contributed by atoms with Crippen LogP contribution in [0.25, 0.3) is 0 Å². The number of aryl methyl sites for hydroxylation is 1. The minimum Gasteiger partial charge on any atom is -0.368 e. The number of nitrogens with zero attached hydrogens (tertiary/aromatic N) is 1. The number of hydrogen-bond acceptors (Lipinski definition) is 2. The second kappa shape index (κ2) is 6.38. The minimum absolute atomic E-state index is 0.101. The summed E-state index contributed by atoms with van der Waals surface area (Å²) in [5, 5.41) is 3.60. The Morgan fingerprint density at radius 1 is 1.47 bits per heavy atom. The van der Waals surface area contributed by atoms with Crippen LogP contribution in [0.5, 0.6) is 0 Å². The lowest BCUT2D eigenvalue weighted by Crippen LogP contribution is -2.42. The maximum Gasteiger partial charge on any atom is 0.146 e. The number of halogens is 1. The molecule has 1 N–H and O–H groups in total. The van der Waals surface area contributed by atoms with Gasteiger partial charge in [-0.1, -0.05) is 26.3 Å². The van der Waals surface area contributed by atoms with Crippen LogP contribution in [0.15, 0.2) is 18.2 Å². The van der Waals surface area contributed by atoms with Crippen molar-refractivity contribution < 1.29 is 4.39 Å². The lowest BCUT2D eigenvalue weighted by molar-refractivity contribution is 0.383. The van der Waals surface area contributed by atoms with Crippen molar-refractivity contribution in [1.82, 2.24) is 5.32 Å². The molecule has 2 rings (SSSR count). The normalized spacial score (nSPS) is 22.1. The van der Waals surface area contributed by atoms with Crippen LogP contribution in [-0.2, 0) is 0 Å². The third kappa shape index (κ3) is 3.47. The monoisotopic (exact) mass is 264 g/mol. The Labute approximate surface area is 116 Å². The Morgan fingerprint density at radius 3 is 3.00 bits per heavy atom. The molecule has 2 nitrogen and oxygen atoms in total. The van der Waals surface area contributed by atoms with Gasteiger partial charge in [-0.2, -0.15) is 0 Å². The fourth-order valence-corrected chi connectivity index (χ4v) is 2.70. The Balaban J connectivity index is 2.20. The van der Waals surface area contributed by atoms with Crippen molar-refractivity contribution in [3.8, 4) is 0 Å². The van der Waals surface area contributed by atoms with Crippen molar-refractivity contribution in [2.24, 2.45) is 5.92 Å². The summed E-state index contributed by atoms with van der Waals surface area (Å²) in [6, 6.07) is 5.84. The average molecular weight is 264 g/mol. The van der Waals surface area contributed by atoms with Crippen LogP contribution in [0.2, 0.25) is 0 Å². The first-order valence-electron chi connectivity index (χ1n) is 7.36. The lowest BCUT2D eigenvalue weighted by atomic mass is 9.98. The van der Waals surface area contributed by atoms with Crippen molar-refractivity contribution in [1.29, 1.82) is 0 Å². The van der Waals surface area contributed by atoms with E-state index in [2.05, 4.69) is 24.1 Å². The van der Waals surface area contributed by atoms with E-state index >= 15 is 0 Å². The molecule has 0 spiro atoms. The first kappa shape index (κ1) is 14.3. The van der Waals surface area contributed by atoms with E-state index in [4.69, 9.17) is 0 Å². The third-order valence-electron chi connectivity index (χ3n) is 4.20. The zero-order chi connectivity index (χ0) is 13.8. The molecule has 0 aromatic heterocycles. The number of rotatable bonds is 3. The first-order valence-corrected chi connectivity index (χ1v) is 7.36. The Hall–Kier alpha value is -1.09. The predicted molar refractivity (Wildman–Crippen MR) is 79.2 cm³/mol. The number of anilines is 1. The van der Waals surface area contributed by atoms with E-state index in [1.807, 2.05) is 19.1 Å². The van der Waals surface area contributed by atoms with Crippen LogP contribution in [-0.4, -0.2) is 25.7 Å². The number of benzene rings is 1. The highest BCUT2D eigenvalue weighted by molar-refractivity contribution is 5.50. The molecule has 0 radical (unpaired) electrons. The Kier molecular flexibility index (Phi) is 4.81. The van der Waals surface area contributed by atoms with Crippen LogP contribution in [0.1, 0.15) is 32.3 Å². The van der Waals surface area contributed by atoms with E-state index in [1.165, 1.54) is 0 Å². The van der Waals surface area contributed by atoms with Gasteiger partial charge in [0.05, 0.1) is 5.69 Å². The molecular formula is C16H25FN2. The Morgan fingerprint density at radius 2 is 2.26 bits per heavy atom. The van der Waals surface area contributed by atoms with Gasteiger partial charge in [0, 0.05) is 19.1 Å². The summed E-state index contributed by atoms with van der Waals surface area (Å²) in [4.78, 5) is 2.21. The van der Waals surface area contributed by atoms with Crippen LogP contribution in [0.4, 0.5) is 10.1 Å². The van der Waals surface area contributed by atoms with Crippen molar-refractivity contribution in [3.63, 3.8) is 0 Å². The quantitative estimate of drug-likeness (QED) is 0.900. The second-order valence-electron chi connectivity index (χ2n) is 5.70. The van der Waals surface area contributed by atoms with Crippen LogP contribution in [0.3, 0.4) is 0 Å². The Bertz CT molecular complexity index is 419. The summed E-state index contributed by atoms with van der Waals surface area (Å²) >= 11 is 0. The van der Waals surface area contributed by atoms with E-state index in [9.17, 15) is 4.39 Å². The number of nitrogens with one attached hydrogen (secondary N) is 1. The molecule has 19 heavy (non-hydrogen) atoms. The van der Waals surface area contributed by atoms with Gasteiger partial charge >= 0.3 is 0 Å². The molecule has 0 bridgehead atoms. The minimum atomic E-state index is -0.101. The molecule has 1 aromatic rings. The molecule has 0 aliphatic carbocycles. The van der Waals surface area contributed by atoms with Gasteiger partial charge in [-0.05, 0) is 43.5 Å². The smallest absolute Gasteiger partial charge is 0.146 e. The van der Waals surface area contributed by atoms with E-state index in [-0.39, 0.29) is 5.82 Å². The zero-order valence-electron chi connectivity index (χ0n) is 12.2. The fourth-order valence-electron chi connectivity index (χ4n) is 2.70. The topological polar surface area (TPSA) is 15.3 Å². The van der Waals surface area contributed by atoms with Crippen molar-refractivity contribution in [2.45, 2.75) is 39.7 Å². The maximum atomic E-state index is 14.0. The molecule has 0 saturated carbocycles. The molecule has 1 heterocycles. The summed E-state index contributed by atoms with van der Waals surface area (Å²) in [6.45, 7) is 9.36. The van der Waals surface area contributed by atoms with Crippen molar-refractivity contribution >= 4 is 5.69 Å². The van der Waals surface area contributed by atoms with Crippen LogP contribution in [0, 0.1) is 18.7 Å². The summed E-state index contributed by atoms with van der Waals surface area (Å²) < 4.78 is 14.0. The molecule has 2 atom stereocenters. The van der Waals surface area contributed by atoms with E-state index in [0.29, 0.717) is 12.0 Å². The fraction of sp³-hybridized carbons (Fsp3) is 0.625. The van der Waals surface area contributed by atoms with Gasteiger partial charge in [-0.15, -0.1) is 0 Å². The standard InChI is InChI=1S/C16H25FN2/c1-4-13(3)15-11-19(9-5-8-18-15)16-10-12(2)6-7-14(16)17/h6-7,10,13,15,18H,4-5,8-9,11H2,1-3H3. The van der Waals surface area contributed by atoms with E-state index < -0.39 is 0 Å². The van der Waals surface area contributed by atoms with E-state index in [0.717, 1.165) is 43.7 Å². The highest BCUT2D eigenvalue weighted by atomic mass is 19.1. The summed E-state index contributed by atoms with van der Waals surface area (Å²) in [6.07, 6.45) is 2.22. The highest BCUT2D eigenvalue weighted by Gasteiger charge is 2.23. The molecule has 106 valence electrons. The summed E-state index contributed by atoms with van der Waals surface area (Å²) in [5.41, 5.74) is 1.88. The molecule has 1 aliphatic rings. The molecular weight excluding hydrogens is 239 g/mol. The molecule has 1 aromatic carbocycles. The largest absolute Gasteiger partial charge is 0.368 e. The second-order valence-corrected chi connectivity index (χ2v) is 5.70. The molecule has 2 unspecified atom stereocenters. The van der Waals surface area contributed by atoms with Crippen LogP contribution < -0.4 is 10.2 Å². The van der Waals surface area contributed by atoms with Gasteiger partial charge in [0.2, 0.25) is 0 Å². The van der Waals surface area contributed by atoms with Crippen LogP contribution >= 0.6 is 0 Å². The van der Waals surface area contributed by atoms with E-state index in [1.54, 1.807) is 6.07 Å². The molecule has 1 saturated heterocycles. The SMILES string of the molecule is CCC(C)C1CN(c2cc(C)ccc2F)CCCN1. The zero-order valence-corrected chi connectivity index (χ0v) is 12.2. The summed E-state index contributed by atoms with van der Waals surface area (Å²) in [5.74, 6) is 0.517. The predicted octanol–water partition coefficient (Wildman–Crippen LogP) is 3.35. The maximum absolute atomic E-state index is 14.0. The molecule has 1 fully saturated rings. The van der Waals surface area contributed by atoms with Gasteiger partial charge in [0.15, 0.2) is 0 Å². The first-order chi connectivity index (χ1) is 9.11. The third-order valence-corrected chi connectivity index (χ3v) is 4.20. The molecule has 1 aliphatic heterocycles. The van der Waals surface area contributed by atoms with Gasteiger partial charge in [-0.25, -0.2) is 4.39 Å². The van der Waals surface area contributed by atoms with Gasteiger partial charge in [0.25, 0.3) is 0 Å². The molecule has 3 heteroatoms. The van der Waals surface area contributed by atoms with Gasteiger partial charge in [-0.3, -0.25) is 0 Å². The highest BCUT2D eigenvalue weighted by Crippen LogP contribution is 2.23. The van der Waals surface area contributed by atoms with Gasteiger partial charge < -0.3 is 10.2 Å². The number of hydrogen-bond donors (Lipinski definition) is 1. The average Bonchev–Trinajstić information content (AvgIpc) is 2.66. The van der Waals surface area contributed by atoms with Crippen molar-refractivity contribution in [2.75, 3.05) is 24.5 Å². The summed E-state index contributed by atoms with van der Waals surface area (Å²) in [7, 11) is 0.